The Kier molecular flexibility index (Phi) is 3.57. The highest BCUT2D eigenvalue weighted by molar-refractivity contribution is 5.72. The van der Waals surface area contributed by atoms with Crippen LogP contribution in [-0.4, -0.2) is 27.2 Å². The number of nitro benzene ring substituents is 1. The summed E-state index contributed by atoms with van der Waals surface area (Å²) in [6.07, 6.45) is -1.90. The van der Waals surface area contributed by atoms with Gasteiger partial charge in [0, 0.05) is 17.5 Å². The molecule has 6 nitrogen and oxygen atoms in total. The summed E-state index contributed by atoms with van der Waals surface area (Å²) < 4.78 is 0. The van der Waals surface area contributed by atoms with Gasteiger partial charge in [-0.15, -0.1) is 0 Å². The fraction of sp³-hybridized carbons (Fsp3) is 0.300. The van der Waals surface area contributed by atoms with Crippen LogP contribution >= 0.6 is 0 Å². The molecular weight excluding hydrogens is 214 g/mol. The fourth-order valence-corrected chi connectivity index (χ4v) is 1.44. The third-order valence-corrected chi connectivity index (χ3v) is 2.20. The van der Waals surface area contributed by atoms with Gasteiger partial charge < -0.3 is 10.2 Å². The van der Waals surface area contributed by atoms with Crippen LogP contribution in [-0.2, 0) is 11.2 Å². The third kappa shape index (κ3) is 2.54. The molecule has 0 spiro atoms. The van der Waals surface area contributed by atoms with Gasteiger partial charge in [-0.25, -0.2) is 4.79 Å². The van der Waals surface area contributed by atoms with Crippen molar-refractivity contribution in [3.8, 4) is 0 Å². The molecule has 86 valence electrons. The molecule has 0 aliphatic rings. The SMILES string of the molecule is Cc1cccc(CC(O)C(=O)O)c1[N+](=O)[O-]. The third-order valence-electron chi connectivity index (χ3n) is 2.20. The normalized spacial score (nSPS) is 12.1. The number of nitro groups is 1. The van der Waals surface area contributed by atoms with Crippen molar-refractivity contribution in [1.29, 1.82) is 0 Å². The van der Waals surface area contributed by atoms with Gasteiger partial charge in [0.25, 0.3) is 5.69 Å². The molecule has 0 saturated carbocycles. The van der Waals surface area contributed by atoms with Crippen molar-refractivity contribution < 1.29 is 19.9 Å². The molecule has 0 aliphatic carbocycles. The first-order chi connectivity index (χ1) is 7.43. The number of aliphatic hydroxyl groups excluding tert-OH is 1. The number of aryl methyl sites for hydroxylation is 1. The zero-order valence-corrected chi connectivity index (χ0v) is 8.58. The first-order valence-electron chi connectivity index (χ1n) is 4.57. The molecule has 0 amide bonds. The van der Waals surface area contributed by atoms with Crippen molar-refractivity contribution in [1.82, 2.24) is 0 Å². The Morgan fingerprint density at radius 2 is 2.19 bits per heavy atom. The number of carboxylic acid groups (broad SMARTS) is 1. The molecular formula is C10H11NO5. The van der Waals surface area contributed by atoms with E-state index in [1.807, 2.05) is 0 Å². The number of aliphatic carboxylic acids is 1. The number of carbonyl (C=O) groups is 1. The van der Waals surface area contributed by atoms with Gasteiger partial charge in [0.05, 0.1) is 4.92 Å². The average Bonchev–Trinajstić information content (AvgIpc) is 2.16. The maximum atomic E-state index is 10.8. The number of para-hydroxylation sites is 1. The summed E-state index contributed by atoms with van der Waals surface area (Å²) in [6, 6.07) is 4.60. The molecule has 0 aliphatic heterocycles. The second-order valence-electron chi connectivity index (χ2n) is 3.40. The lowest BCUT2D eigenvalue weighted by Gasteiger charge is -2.07. The first kappa shape index (κ1) is 12.1. The van der Waals surface area contributed by atoms with Gasteiger partial charge in [-0.2, -0.15) is 0 Å². The highest BCUT2D eigenvalue weighted by atomic mass is 16.6. The Bertz CT molecular complexity index is 429. The van der Waals surface area contributed by atoms with Crippen molar-refractivity contribution in [3.05, 3.63) is 39.4 Å². The van der Waals surface area contributed by atoms with Crippen molar-refractivity contribution in [2.45, 2.75) is 19.4 Å². The van der Waals surface area contributed by atoms with E-state index < -0.39 is 17.0 Å². The summed E-state index contributed by atoms with van der Waals surface area (Å²) in [4.78, 5) is 20.7. The Morgan fingerprint density at radius 3 is 2.69 bits per heavy atom. The molecule has 1 atom stereocenters. The number of nitrogens with zero attached hydrogens (tertiary/aromatic N) is 1. The number of carboxylic acids is 1. The van der Waals surface area contributed by atoms with E-state index >= 15 is 0 Å². The second kappa shape index (κ2) is 4.71. The lowest BCUT2D eigenvalue weighted by Crippen LogP contribution is -2.22. The number of aliphatic hydroxyl groups is 1. The maximum absolute atomic E-state index is 10.8. The van der Waals surface area contributed by atoms with E-state index in [1.165, 1.54) is 6.07 Å². The number of hydrogen-bond acceptors (Lipinski definition) is 4. The Balaban J connectivity index is 3.09. The summed E-state index contributed by atoms with van der Waals surface area (Å²) in [6.45, 7) is 1.56. The van der Waals surface area contributed by atoms with Crippen LogP contribution in [0.3, 0.4) is 0 Å². The fourth-order valence-electron chi connectivity index (χ4n) is 1.44. The van der Waals surface area contributed by atoms with Crippen LogP contribution in [0.25, 0.3) is 0 Å². The molecule has 1 aromatic rings. The largest absolute Gasteiger partial charge is 0.479 e. The second-order valence-corrected chi connectivity index (χ2v) is 3.40. The van der Waals surface area contributed by atoms with Gasteiger partial charge in [-0.1, -0.05) is 18.2 Å². The van der Waals surface area contributed by atoms with Crippen molar-refractivity contribution in [2.75, 3.05) is 0 Å². The van der Waals surface area contributed by atoms with Crippen LogP contribution in [0.4, 0.5) is 5.69 Å². The molecule has 1 aromatic carbocycles. The molecule has 0 aromatic heterocycles. The molecule has 0 heterocycles. The van der Waals surface area contributed by atoms with Gasteiger partial charge in [-0.05, 0) is 6.92 Å². The predicted octanol–water partition coefficient (Wildman–Crippen LogP) is 0.891. The summed E-state index contributed by atoms with van der Waals surface area (Å²) >= 11 is 0. The molecule has 0 saturated heterocycles. The van der Waals surface area contributed by atoms with Crippen molar-refractivity contribution in [2.24, 2.45) is 0 Å². The van der Waals surface area contributed by atoms with Crippen LogP contribution < -0.4 is 0 Å². The van der Waals surface area contributed by atoms with E-state index in [1.54, 1.807) is 19.1 Å². The molecule has 6 heteroatoms. The molecule has 1 rings (SSSR count). The maximum Gasteiger partial charge on any atom is 0.332 e. The van der Waals surface area contributed by atoms with Crippen LogP contribution in [0.1, 0.15) is 11.1 Å². The highest BCUT2D eigenvalue weighted by Crippen LogP contribution is 2.24. The summed E-state index contributed by atoms with van der Waals surface area (Å²) in [5.41, 5.74) is 0.530. The lowest BCUT2D eigenvalue weighted by atomic mass is 10.0. The monoisotopic (exact) mass is 225 g/mol. The smallest absolute Gasteiger partial charge is 0.332 e. The van der Waals surface area contributed by atoms with Crippen molar-refractivity contribution >= 4 is 11.7 Å². The number of rotatable bonds is 4. The van der Waals surface area contributed by atoms with Gasteiger partial charge in [0.15, 0.2) is 6.10 Å². The minimum absolute atomic E-state index is 0.136. The Hall–Kier alpha value is -1.95. The molecule has 0 bridgehead atoms. The molecule has 0 fully saturated rings. The van der Waals surface area contributed by atoms with E-state index in [-0.39, 0.29) is 17.7 Å². The highest BCUT2D eigenvalue weighted by Gasteiger charge is 2.22. The number of hydrogen-bond donors (Lipinski definition) is 2. The summed E-state index contributed by atoms with van der Waals surface area (Å²) in [5.74, 6) is -1.39. The Labute approximate surface area is 91.3 Å². The standard InChI is InChI=1S/C10H11NO5/c1-6-3-2-4-7(9(6)11(15)16)5-8(12)10(13)14/h2-4,8,12H,5H2,1H3,(H,13,14). The summed E-state index contributed by atoms with van der Waals surface area (Å²) in [5, 5.41) is 28.4. The minimum Gasteiger partial charge on any atom is -0.479 e. The molecule has 0 radical (unpaired) electrons. The van der Waals surface area contributed by atoms with Gasteiger partial charge in [-0.3, -0.25) is 10.1 Å². The predicted molar refractivity (Wildman–Crippen MR) is 55.2 cm³/mol. The quantitative estimate of drug-likeness (QED) is 0.585. The topological polar surface area (TPSA) is 101 Å². The number of benzene rings is 1. The molecule has 16 heavy (non-hydrogen) atoms. The van der Waals surface area contributed by atoms with Crippen molar-refractivity contribution in [3.63, 3.8) is 0 Å². The zero-order chi connectivity index (χ0) is 12.3. The van der Waals surface area contributed by atoms with Crippen LogP contribution in [0, 0.1) is 17.0 Å². The summed E-state index contributed by atoms with van der Waals surface area (Å²) in [7, 11) is 0. The van der Waals surface area contributed by atoms with E-state index in [0.717, 1.165) is 0 Å². The first-order valence-corrected chi connectivity index (χ1v) is 4.57. The van der Waals surface area contributed by atoms with Gasteiger partial charge in [0.1, 0.15) is 0 Å². The van der Waals surface area contributed by atoms with E-state index in [2.05, 4.69) is 0 Å². The van der Waals surface area contributed by atoms with E-state index in [0.29, 0.717) is 5.56 Å². The van der Waals surface area contributed by atoms with E-state index in [4.69, 9.17) is 10.2 Å². The average molecular weight is 225 g/mol. The van der Waals surface area contributed by atoms with Gasteiger partial charge >= 0.3 is 5.97 Å². The van der Waals surface area contributed by atoms with Crippen LogP contribution in [0.5, 0.6) is 0 Å². The molecule has 2 N–H and O–H groups in total. The Morgan fingerprint density at radius 1 is 1.56 bits per heavy atom. The zero-order valence-electron chi connectivity index (χ0n) is 8.58. The molecule has 1 unspecified atom stereocenters. The van der Waals surface area contributed by atoms with E-state index in [9.17, 15) is 14.9 Å². The van der Waals surface area contributed by atoms with Crippen LogP contribution in [0.15, 0.2) is 18.2 Å². The lowest BCUT2D eigenvalue weighted by molar-refractivity contribution is -0.386. The van der Waals surface area contributed by atoms with Gasteiger partial charge in [0.2, 0.25) is 0 Å². The minimum atomic E-state index is -1.62. The van der Waals surface area contributed by atoms with Crippen LogP contribution in [0.2, 0.25) is 0 Å².